The van der Waals surface area contributed by atoms with Crippen LogP contribution in [0.2, 0.25) is 0 Å². The number of hydrogen-bond acceptors (Lipinski definition) is 5. The molecule has 1 aromatic carbocycles. The van der Waals surface area contributed by atoms with E-state index in [-0.39, 0.29) is 11.1 Å². The van der Waals surface area contributed by atoms with Crippen LogP contribution in [0.1, 0.15) is 11.1 Å². The molecule has 0 radical (unpaired) electrons. The zero-order valence-electron chi connectivity index (χ0n) is 10.9. The van der Waals surface area contributed by atoms with E-state index in [1.54, 1.807) is 14.2 Å². The average Bonchev–Trinajstić information content (AvgIpc) is 2.67. The fourth-order valence-corrected chi connectivity index (χ4v) is 2.57. The van der Waals surface area contributed by atoms with Crippen molar-refractivity contribution in [2.75, 3.05) is 12.4 Å². The van der Waals surface area contributed by atoms with Crippen LogP contribution in [0.15, 0.2) is 23.0 Å². The van der Waals surface area contributed by atoms with Gasteiger partial charge in [0, 0.05) is 7.05 Å². The van der Waals surface area contributed by atoms with Gasteiger partial charge in [-0.1, -0.05) is 12.1 Å². The first-order chi connectivity index (χ1) is 9.08. The lowest BCUT2D eigenvalue weighted by atomic mass is 10.2. The van der Waals surface area contributed by atoms with Gasteiger partial charge in [0.1, 0.15) is 16.8 Å². The fraction of sp³-hybridized carbons (Fsp3) is 0.231. The molecule has 1 aromatic heterocycles. The van der Waals surface area contributed by atoms with E-state index in [1.807, 2.05) is 31.2 Å². The molecule has 0 aliphatic carbocycles. The van der Waals surface area contributed by atoms with Crippen LogP contribution >= 0.6 is 11.5 Å². The Morgan fingerprint density at radius 1 is 1.47 bits per heavy atom. The summed E-state index contributed by atoms with van der Waals surface area (Å²) in [5.74, 6) is 0.674. The number of hydrogen-bond donors (Lipinski definition) is 1. The van der Waals surface area contributed by atoms with Gasteiger partial charge in [-0.2, -0.15) is 5.26 Å². The predicted octanol–water partition coefficient (Wildman–Crippen LogP) is 2.38. The number of aromatic nitrogens is 1. The van der Waals surface area contributed by atoms with Crippen LogP contribution in [-0.2, 0) is 7.05 Å². The van der Waals surface area contributed by atoms with Crippen LogP contribution in [-0.4, -0.2) is 11.1 Å². The molecule has 0 saturated carbocycles. The molecule has 5 nitrogen and oxygen atoms in total. The number of nitrogens with zero attached hydrogens (tertiary/aromatic N) is 2. The van der Waals surface area contributed by atoms with Gasteiger partial charge in [-0.25, -0.2) is 0 Å². The van der Waals surface area contributed by atoms with Gasteiger partial charge in [0.25, 0.3) is 5.56 Å². The fourth-order valence-electron chi connectivity index (χ4n) is 1.75. The average molecular weight is 275 g/mol. The molecule has 0 spiro atoms. The van der Waals surface area contributed by atoms with E-state index < -0.39 is 0 Å². The van der Waals surface area contributed by atoms with Crippen LogP contribution in [0.4, 0.5) is 10.7 Å². The summed E-state index contributed by atoms with van der Waals surface area (Å²) in [6.45, 7) is 1.93. The summed E-state index contributed by atoms with van der Waals surface area (Å²) in [5.41, 5.74) is 1.58. The summed E-state index contributed by atoms with van der Waals surface area (Å²) in [5, 5.41) is 12.7. The lowest BCUT2D eigenvalue weighted by molar-refractivity contribution is 0.416. The minimum absolute atomic E-state index is 0.123. The van der Waals surface area contributed by atoms with Crippen molar-refractivity contribution in [3.8, 4) is 11.8 Å². The maximum atomic E-state index is 11.7. The standard InChI is InChI=1S/C13H13N3O2S/c1-8-5-4-6-10(18-3)11(8)15-12-9(7-14)13(17)16(2)19-12/h4-6,15H,1-3H3. The molecule has 0 unspecified atom stereocenters. The highest BCUT2D eigenvalue weighted by Crippen LogP contribution is 2.32. The lowest BCUT2D eigenvalue weighted by Gasteiger charge is -2.12. The summed E-state index contributed by atoms with van der Waals surface area (Å²) < 4.78 is 6.71. The largest absolute Gasteiger partial charge is 0.495 e. The molecular formula is C13H13N3O2S. The SMILES string of the molecule is COc1cccc(C)c1Nc1sn(C)c(=O)c1C#N. The smallest absolute Gasteiger partial charge is 0.280 e. The van der Waals surface area contributed by atoms with Gasteiger partial charge < -0.3 is 10.1 Å². The molecule has 19 heavy (non-hydrogen) atoms. The topological polar surface area (TPSA) is 67.0 Å². The first kappa shape index (κ1) is 13.2. The predicted molar refractivity (Wildman–Crippen MR) is 75.3 cm³/mol. The summed E-state index contributed by atoms with van der Waals surface area (Å²) >= 11 is 1.20. The molecule has 0 atom stereocenters. The molecule has 98 valence electrons. The molecule has 0 saturated heterocycles. The Labute approximate surface area is 114 Å². The van der Waals surface area contributed by atoms with E-state index in [0.29, 0.717) is 10.8 Å². The minimum atomic E-state index is -0.289. The first-order valence-electron chi connectivity index (χ1n) is 5.59. The highest BCUT2D eigenvalue weighted by atomic mass is 32.1. The van der Waals surface area contributed by atoms with Gasteiger partial charge in [0.05, 0.1) is 12.8 Å². The van der Waals surface area contributed by atoms with Crippen LogP contribution in [0, 0.1) is 18.3 Å². The highest BCUT2D eigenvalue weighted by Gasteiger charge is 2.15. The zero-order chi connectivity index (χ0) is 14.0. The number of methoxy groups -OCH3 is 1. The number of ether oxygens (including phenoxy) is 1. The number of benzene rings is 1. The van der Waals surface area contributed by atoms with Crippen molar-refractivity contribution in [1.29, 1.82) is 5.26 Å². The molecule has 1 N–H and O–H groups in total. The van der Waals surface area contributed by atoms with Crippen molar-refractivity contribution < 1.29 is 4.74 Å². The van der Waals surface area contributed by atoms with Crippen molar-refractivity contribution in [2.45, 2.75) is 6.92 Å². The van der Waals surface area contributed by atoms with Crippen LogP contribution in [0.5, 0.6) is 5.75 Å². The van der Waals surface area contributed by atoms with Crippen molar-refractivity contribution >= 4 is 22.2 Å². The van der Waals surface area contributed by atoms with E-state index in [0.717, 1.165) is 11.3 Å². The number of rotatable bonds is 3. The second-order valence-electron chi connectivity index (χ2n) is 3.99. The van der Waals surface area contributed by atoms with Gasteiger partial charge in [-0.3, -0.25) is 8.75 Å². The van der Waals surface area contributed by atoms with Crippen LogP contribution in [0.3, 0.4) is 0 Å². The highest BCUT2D eigenvalue weighted by molar-refractivity contribution is 7.11. The van der Waals surface area contributed by atoms with E-state index in [4.69, 9.17) is 10.00 Å². The lowest BCUT2D eigenvalue weighted by Crippen LogP contribution is -2.11. The zero-order valence-corrected chi connectivity index (χ0v) is 11.7. The monoisotopic (exact) mass is 275 g/mol. The quantitative estimate of drug-likeness (QED) is 0.934. The Balaban J connectivity index is 2.51. The Morgan fingerprint density at radius 3 is 2.84 bits per heavy atom. The van der Waals surface area contributed by atoms with Crippen molar-refractivity contribution in [3.63, 3.8) is 0 Å². The molecule has 0 amide bonds. The van der Waals surface area contributed by atoms with Gasteiger partial charge >= 0.3 is 0 Å². The second kappa shape index (κ2) is 5.16. The molecule has 2 aromatic rings. The second-order valence-corrected chi connectivity index (χ2v) is 5.13. The van der Waals surface area contributed by atoms with E-state index in [1.165, 1.54) is 15.5 Å². The summed E-state index contributed by atoms with van der Waals surface area (Å²) in [4.78, 5) is 11.7. The molecule has 0 fully saturated rings. The molecule has 0 aliphatic rings. The molecule has 2 rings (SSSR count). The molecule has 1 heterocycles. The maximum absolute atomic E-state index is 11.7. The number of para-hydroxylation sites is 1. The molecule has 6 heteroatoms. The summed E-state index contributed by atoms with van der Waals surface area (Å²) in [6, 6.07) is 7.58. The Morgan fingerprint density at radius 2 is 2.21 bits per heavy atom. The summed E-state index contributed by atoms with van der Waals surface area (Å²) in [6.07, 6.45) is 0. The van der Waals surface area contributed by atoms with Gasteiger partial charge in [0.2, 0.25) is 0 Å². The van der Waals surface area contributed by atoms with Crippen molar-refractivity contribution in [3.05, 3.63) is 39.7 Å². The maximum Gasteiger partial charge on any atom is 0.280 e. The first-order valence-corrected chi connectivity index (χ1v) is 6.37. The van der Waals surface area contributed by atoms with E-state index in [2.05, 4.69) is 5.32 Å². The number of anilines is 2. The summed E-state index contributed by atoms with van der Waals surface area (Å²) in [7, 11) is 3.21. The Hall–Kier alpha value is -2.26. The van der Waals surface area contributed by atoms with Crippen LogP contribution in [0.25, 0.3) is 0 Å². The third-order valence-electron chi connectivity index (χ3n) is 2.76. The minimum Gasteiger partial charge on any atom is -0.495 e. The third-order valence-corrected chi connectivity index (χ3v) is 3.69. The molecular weight excluding hydrogens is 262 g/mol. The van der Waals surface area contributed by atoms with E-state index >= 15 is 0 Å². The molecule has 0 bridgehead atoms. The number of aryl methyl sites for hydroxylation is 2. The van der Waals surface area contributed by atoms with Gasteiger partial charge in [-0.15, -0.1) is 0 Å². The van der Waals surface area contributed by atoms with Crippen molar-refractivity contribution in [1.82, 2.24) is 3.96 Å². The molecule has 0 aliphatic heterocycles. The number of nitriles is 1. The normalized spacial score (nSPS) is 10.0. The number of nitrogens with one attached hydrogen (secondary N) is 1. The Bertz CT molecular complexity index is 710. The third kappa shape index (κ3) is 2.33. The van der Waals surface area contributed by atoms with Crippen LogP contribution < -0.4 is 15.6 Å². The Kier molecular flexibility index (Phi) is 3.58. The van der Waals surface area contributed by atoms with E-state index in [9.17, 15) is 4.79 Å². The van der Waals surface area contributed by atoms with Gasteiger partial charge in [-0.05, 0) is 30.1 Å². The van der Waals surface area contributed by atoms with Crippen molar-refractivity contribution in [2.24, 2.45) is 7.05 Å². The van der Waals surface area contributed by atoms with Gasteiger partial charge in [0.15, 0.2) is 5.56 Å².